The van der Waals surface area contributed by atoms with E-state index >= 15 is 0 Å². The first-order valence-corrected chi connectivity index (χ1v) is 7.00. The van der Waals surface area contributed by atoms with E-state index in [0.29, 0.717) is 0 Å². The summed E-state index contributed by atoms with van der Waals surface area (Å²) in [6.45, 7) is 5.13. The van der Waals surface area contributed by atoms with Crippen LogP contribution in [0.1, 0.15) is 31.1 Å². The molecule has 0 unspecified atom stereocenters. The SMILES string of the molecule is COC(=O)c1c(NC(=O)OC(C)(C)C)cc(Cl)c(OC)c1Cl. The summed E-state index contributed by atoms with van der Waals surface area (Å²) in [6.07, 6.45) is -0.755. The summed E-state index contributed by atoms with van der Waals surface area (Å²) in [4.78, 5) is 23.8. The lowest BCUT2D eigenvalue weighted by atomic mass is 10.1. The molecule has 0 saturated heterocycles. The lowest BCUT2D eigenvalue weighted by Crippen LogP contribution is -2.28. The summed E-state index contributed by atoms with van der Waals surface area (Å²) in [5.74, 6) is -0.635. The van der Waals surface area contributed by atoms with Crippen LogP contribution in [0.15, 0.2) is 6.07 Å². The molecule has 0 radical (unpaired) electrons. The predicted octanol–water partition coefficient (Wildman–Crippen LogP) is 4.14. The van der Waals surface area contributed by atoms with E-state index in [9.17, 15) is 9.59 Å². The Bertz CT molecular complexity index is 596. The van der Waals surface area contributed by atoms with Crippen molar-refractivity contribution in [2.24, 2.45) is 0 Å². The number of benzene rings is 1. The molecule has 1 rings (SSSR count). The van der Waals surface area contributed by atoms with Crippen molar-refractivity contribution in [1.82, 2.24) is 0 Å². The van der Waals surface area contributed by atoms with Crippen LogP contribution in [-0.2, 0) is 9.47 Å². The first kappa shape index (κ1) is 18.4. The predicted molar refractivity (Wildman–Crippen MR) is 84.2 cm³/mol. The fourth-order valence-electron chi connectivity index (χ4n) is 1.60. The Morgan fingerprint density at radius 3 is 2.23 bits per heavy atom. The molecule has 8 heteroatoms. The van der Waals surface area contributed by atoms with Crippen molar-refractivity contribution in [2.75, 3.05) is 19.5 Å². The summed E-state index contributed by atoms with van der Waals surface area (Å²) in [5, 5.41) is 2.50. The van der Waals surface area contributed by atoms with Gasteiger partial charge in [0.25, 0.3) is 0 Å². The van der Waals surface area contributed by atoms with E-state index in [-0.39, 0.29) is 27.0 Å². The van der Waals surface area contributed by atoms with Gasteiger partial charge < -0.3 is 14.2 Å². The van der Waals surface area contributed by atoms with Crippen LogP contribution in [0.3, 0.4) is 0 Å². The van der Waals surface area contributed by atoms with Gasteiger partial charge in [-0.05, 0) is 26.8 Å². The molecular formula is C14H17Cl2NO5. The van der Waals surface area contributed by atoms with Crippen LogP contribution in [0, 0.1) is 0 Å². The van der Waals surface area contributed by atoms with E-state index in [1.807, 2.05) is 0 Å². The minimum Gasteiger partial charge on any atom is -0.494 e. The monoisotopic (exact) mass is 349 g/mol. The fourth-order valence-corrected chi connectivity index (χ4v) is 2.29. The second-order valence-electron chi connectivity index (χ2n) is 5.25. The van der Waals surface area contributed by atoms with E-state index in [2.05, 4.69) is 10.1 Å². The molecule has 0 saturated carbocycles. The number of methoxy groups -OCH3 is 2. The number of rotatable bonds is 3. The first-order chi connectivity index (χ1) is 10.1. The Hall–Kier alpha value is -1.66. The van der Waals surface area contributed by atoms with Crippen LogP contribution >= 0.6 is 23.2 Å². The highest BCUT2D eigenvalue weighted by atomic mass is 35.5. The van der Waals surface area contributed by atoms with Crippen molar-refractivity contribution in [3.8, 4) is 5.75 Å². The molecule has 0 aliphatic rings. The number of carbonyl (C=O) groups is 2. The highest BCUT2D eigenvalue weighted by Crippen LogP contribution is 2.40. The molecule has 6 nitrogen and oxygen atoms in total. The third-order valence-electron chi connectivity index (χ3n) is 2.41. The van der Waals surface area contributed by atoms with Gasteiger partial charge in [-0.3, -0.25) is 5.32 Å². The fraction of sp³-hybridized carbons (Fsp3) is 0.429. The third kappa shape index (κ3) is 4.42. The largest absolute Gasteiger partial charge is 0.494 e. The number of ether oxygens (including phenoxy) is 3. The van der Waals surface area contributed by atoms with Gasteiger partial charge in [-0.1, -0.05) is 23.2 Å². The Morgan fingerprint density at radius 2 is 1.77 bits per heavy atom. The number of anilines is 1. The minimum atomic E-state index is -0.755. The van der Waals surface area contributed by atoms with E-state index in [1.165, 1.54) is 20.3 Å². The van der Waals surface area contributed by atoms with Crippen molar-refractivity contribution in [3.05, 3.63) is 21.7 Å². The molecule has 22 heavy (non-hydrogen) atoms. The summed E-state index contributed by atoms with van der Waals surface area (Å²) in [6, 6.07) is 1.34. The topological polar surface area (TPSA) is 73.9 Å². The second kappa shape index (κ2) is 7.07. The van der Waals surface area contributed by atoms with Gasteiger partial charge in [0.05, 0.1) is 24.9 Å². The maximum Gasteiger partial charge on any atom is 0.412 e. The minimum absolute atomic E-state index is 0.0621. The first-order valence-electron chi connectivity index (χ1n) is 6.25. The van der Waals surface area contributed by atoms with Gasteiger partial charge in [0.15, 0.2) is 5.75 Å². The van der Waals surface area contributed by atoms with Crippen LogP contribution in [0.4, 0.5) is 10.5 Å². The lowest BCUT2D eigenvalue weighted by molar-refractivity contribution is 0.0601. The molecule has 0 fully saturated rings. The second-order valence-corrected chi connectivity index (χ2v) is 6.03. The van der Waals surface area contributed by atoms with Crippen molar-refractivity contribution < 1.29 is 23.8 Å². The van der Waals surface area contributed by atoms with E-state index in [4.69, 9.17) is 32.7 Å². The molecule has 0 aromatic heterocycles. The van der Waals surface area contributed by atoms with Gasteiger partial charge in [0.2, 0.25) is 0 Å². The smallest absolute Gasteiger partial charge is 0.412 e. The molecule has 122 valence electrons. The van der Waals surface area contributed by atoms with Crippen LogP contribution in [0.2, 0.25) is 10.0 Å². The molecule has 0 heterocycles. The molecule has 0 aliphatic carbocycles. The standard InChI is InChI=1S/C14H17Cl2NO5/c1-14(2,3)22-13(19)17-8-6-7(15)11(20-4)10(16)9(8)12(18)21-5/h6H,1-5H3,(H,17,19). The maximum atomic E-state index is 11.9. The molecule has 1 aromatic carbocycles. The van der Waals surface area contributed by atoms with Crippen molar-refractivity contribution >= 4 is 41.0 Å². The van der Waals surface area contributed by atoms with Gasteiger partial charge in [-0.2, -0.15) is 0 Å². The molecule has 0 atom stereocenters. The maximum absolute atomic E-state index is 11.9. The number of esters is 1. The highest BCUT2D eigenvalue weighted by Gasteiger charge is 2.25. The number of hydrogen-bond acceptors (Lipinski definition) is 5. The molecule has 0 aliphatic heterocycles. The van der Waals surface area contributed by atoms with Gasteiger partial charge in [-0.15, -0.1) is 0 Å². The molecule has 1 aromatic rings. The number of amides is 1. The Labute approximate surface area is 138 Å². The number of nitrogens with one attached hydrogen (secondary N) is 1. The number of carbonyl (C=O) groups excluding carboxylic acids is 2. The van der Waals surface area contributed by atoms with Gasteiger partial charge in [-0.25, -0.2) is 9.59 Å². The zero-order valence-electron chi connectivity index (χ0n) is 12.9. The number of halogens is 2. The average Bonchev–Trinajstić information content (AvgIpc) is 2.35. The van der Waals surface area contributed by atoms with Crippen LogP contribution in [0.5, 0.6) is 5.75 Å². The van der Waals surface area contributed by atoms with Crippen LogP contribution in [-0.4, -0.2) is 31.9 Å². The molecule has 0 spiro atoms. The zero-order valence-corrected chi connectivity index (χ0v) is 14.4. The summed E-state index contributed by atoms with van der Waals surface area (Å²) in [7, 11) is 2.55. The Balaban J connectivity index is 3.29. The lowest BCUT2D eigenvalue weighted by Gasteiger charge is -2.21. The molecule has 0 bridgehead atoms. The van der Waals surface area contributed by atoms with Crippen LogP contribution < -0.4 is 10.1 Å². The normalized spacial score (nSPS) is 10.9. The van der Waals surface area contributed by atoms with Crippen LogP contribution in [0.25, 0.3) is 0 Å². The van der Waals surface area contributed by atoms with Gasteiger partial charge in [0.1, 0.15) is 16.2 Å². The summed E-state index contributed by atoms with van der Waals surface area (Å²) in [5.41, 5.74) is -0.705. The molecular weight excluding hydrogens is 333 g/mol. The van der Waals surface area contributed by atoms with E-state index in [0.717, 1.165) is 0 Å². The Morgan fingerprint density at radius 1 is 1.18 bits per heavy atom. The summed E-state index contributed by atoms with van der Waals surface area (Å²) < 4.78 is 14.8. The highest BCUT2D eigenvalue weighted by molar-refractivity contribution is 6.40. The van der Waals surface area contributed by atoms with E-state index in [1.54, 1.807) is 20.8 Å². The van der Waals surface area contributed by atoms with Crippen molar-refractivity contribution in [2.45, 2.75) is 26.4 Å². The van der Waals surface area contributed by atoms with Crippen molar-refractivity contribution in [3.63, 3.8) is 0 Å². The average molecular weight is 350 g/mol. The Kier molecular flexibility index (Phi) is 5.91. The number of hydrogen-bond donors (Lipinski definition) is 1. The molecule has 1 amide bonds. The van der Waals surface area contributed by atoms with Gasteiger partial charge in [0, 0.05) is 0 Å². The summed E-state index contributed by atoms with van der Waals surface area (Å²) >= 11 is 12.1. The molecule has 1 N–H and O–H groups in total. The third-order valence-corrected chi connectivity index (χ3v) is 3.05. The zero-order chi connectivity index (χ0) is 17.1. The van der Waals surface area contributed by atoms with Crippen molar-refractivity contribution in [1.29, 1.82) is 0 Å². The van der Waals surface area contributed by atoms with E-state index < -0.39 is 17.7 Å². The quantitative estimate of drug-likeness (QED) is 0.830. The van der Waals surface area contributed by atoms with Gasteiger partial charge >= 0.3 is 12.1 Å².